The van der Waals surface area contributed by atoms with Gasteiger partial charge in [0.2, 0.25) is 0 Å². The number of alkyl halides is 1. The van der Waals surface area contributed by atoms with E-state index < -0.39 is 17.5 Å². The van der Waals surface area contributed by atoms with Crippen LogP contribution in [0, 0.1) is 11.6 Å². The van der Waals surface area contributed by atoms with Gasteiger partial charge in [-0.1, -0.05) is 11.6 Å². The minimum Gasteiger partial charge on any atom is -0.386 e. The van der Waals surface area contributed by atoms with Gasteiger partial charge in [0.15, 0.2) is 11.6 Å². The highest BCUT2D eigenvalue weighted by Gasteiger charge is 2.15. The van der Waals surface area contributed by atoms with Gasteiger partial charge in [0.1, 0.15) is 5.84 Å². The van der Waals surface area contributed by atoms with Crippen LogP contribution in [0.15, 0.2) is 41.4 Å². The van der Waals surface area contributed by atoms with Gasteiger partial charge in [0, 0.05) is 5.69 Å². The summed E-state index contributed by atoms with van der Waals surface area (Å²) in [5.74, 6) is -2.57. The fraction of sp³-hybridized carbons (Fsp3) is 0.0667. The molecule has 0 saturated carbocycles. The number of nitrogens with two attached hydrogens (primary N) is 1. The van der Waals surface area contributed by atoms with Crippen LogP contribution in [-0.2, 0) is 0 Å². The number of amides is 1. The first-order valence-corrected chi connectivity index (χ1v) is 7.27. The maximum atomic E-state index is 13.2. The number of rotatable bonds is 4. The number of benzene rings is 2. The van der Waals surface area contributed by atoms with Crippen LogP contribution in [0.3, 0.4) is 0 Å². The summed E-state index contributed by atoms with van der Waals surface area (Å²) < 4.78 is 26.2. The van der Waals surface area contributed by atoms with Gasteiger partial charge in [-0.2, -0.15) is 0 Å². The molecule has 0 unspecified atom stereocenters. The molecule has 0 aliphatic heterocycles. The van der Waals surface area contributed by atoms with Crippen LogP contribution < -0.4 is 11.1 Å². The van der Waals surface area contributed by atoms with Crippen molar-refractivity contribution in [2.24, 2.45) is 10.7 Å². The maximum absolute atomic E-state index is 13.2. The summed E-state index contributed by atoms with van der Waals surface area (Å²) in [7, 11) is 0. The molecule has 2 aromatic carbocycles. The highest BCUT2D eigenvalue weighted by molar-refractivity contribution is 6.34. The number of carbonyl (C=O) groups is 1. The quantitative estimate of drug-likeness (QED) is 0.374. The third-order valence-electron chi connectivity index (χ3n) is 2.79. The summed E-state index contributed by atoms with van der Waals surface area (Å²) in [5.41, 5.74) is 6.33. The SMILES string of the molecule is NC(CCl)=Nc1ccc(NC(=O)c2cc(F)c(F)cc2Cl)cc1. The first-order chi connectivity index (χ1) is 10.9. The average Bonchev–Trinajstić information content (AvgIpc) is 2.52. The van der Waals surface area contributed by atoms with Crippen LogP contribution in [0.2, 0.25) is 5.02 Å². The van der Waals surface area contributed by atoms with Gasteiger partial charge >= 0.3 is 0 Å². The van der Waals surface area contributed by atoms with E-state index in [9.17, 15) is 13.6 Å². The number of halogens is 4. The van der Waals surface area contributed by atoms with Gasteiger partial charge in [-0.15, -0.1) is 11.6 Å². The summed E-state index contributed by atoms with van der Waals surface area (Å²) in [6.45, 7) is 0. The monoisotopic (exact) mass is 357 g/mol. The molecule has 0 heterocycles. The smallest absolute Gasteiger partial charge is 0.257 e. The Morgan fingerprint density at radius 2 is 1.78 bits per heavy atom. The summed E-state index contributed by atoms with van der Waals surface area (Å²) in [6, 6.07) is 7.87. The highest BCUT2D eigenvalue weighted by Crippen LogP contribution is 2.22. The van der Waals surface area contributed by atoms with Crippen molar-refractivity contribution in [1.82, 2.24) is 0 Å². The molecule has 0 spiro atoms. The summed E-state index contributed by atoms with van der Waals surface area (Å²) in [6.07, 6.45) is 0. The molecule has 1 amide bonds. The molecule has 23 heavy (non-hydrogen) atoms. The number of nitrogens with one attached hydrogen (secondary N) is 1. The fourth-order valence-electron chi connectivity index (χ4n) is 1.71. The van der Waals surface area contributed by atoms with E-state index in [4.69, 9.17) is 28.9 Å². The molecule has 3 N–H and O–H groups in total. The summed E-state index contributed by atoms with van der Waals surface area (Å²) in [4.78, 5) is 16.1. The number of anilines is 1. The molecule has 0 aliphatic carbocycles. The van der Waals surface area contributed by atoms with Gasteiger partial charge in [-0.25, -0.2) is 13.8 Å². The van der Waals surface area contributed by atoms with E-state index in [1.165, 1.54) is 0 Å². The molecule has 0 saturated heterocycles. The minimum atomic E-state index is -1.15. The Labute approximate surface area is 140 Å². The molecule has 0 radical (unpaired) electrons. The average molecular weight is 358 g/mol. The number of carbonyl (C=O) groups excluding carboxylic acids is 1. The van der Waals surface area contributed by atoms with Gasteiger partial charge in [-0.05, 0) is 36.4 Å². The van der Waals surface area contributed by atoms with Crippen molar-refractivity contribution in [3.05, 3.63) is 58.6 Å². The normalized spacial score (nSPS) is 11.4. The number of hydrogen-bond acceptors (Lipinski definition) is 2. The molecule has 0 fully saturated rings. The second kappa shape index (κ2) is 7.39. The van der Waals surface area contributed by atoms with Crippen LogP contribution in [-0.4, -0.2) is 17.6 Å². The van der Waals surface area contributed by atoms with E-state index in [2.05, 4.69) is 10.3 Å². The first-order valence-electron chi connectivity index (χ1n) is 6.35. The molecule has 0 atom stereocenters. The van der Waals surface area contributed by atoms with Crippen LogP contribution in [0.25, 0.3) is 0 Å². The van der Waals surface area contributed by atoms with Crippen LogP contribution in [0.5, 0.6) is 0 Å². The topological polar surface area (TPSA) is 67.5 Å². The van der Waals surface area contributed by atoms with E-state index in [1.54, 1.807) is 24.3 Å². The second-order valence-electron chi connectivity index (χ2n) is 4.48. The van der Waals surface area contributed by atoms with Crippen molar-refractivity contribution in [1.29, 1.82) is 0 Å². The molecule has 2 aromatic rings. The minimum absolute atomic E-state index is 0.104. The Hall–Kier alpha value is -2.18. The first kappa shape index (κ1) is 17.2. The lowest BCUT2D eigenvalue weighted by atomic mass is 10.2. The van der Waals surface area contributed by atoms with E-state index in [-0.39, 0.29) is 22.3 Å². The Morgan fingerprint density at radius 3 is 2.39 bits per heavy atom. The number of nitrogens with zero attached hydrogens (tertiary/aromatic N) is 1. The van der Waals surface area contributed by atoms with E-state index >= 15 is 0 Å². The zero-order valence-corrected chi connectivity index (χ0v) is 13.1. The molecule has 2 rings (SSSR count). The number of hydrogen-bond donors (Lipinski definition) is 2. The van der Waals surface area contributed by atoms with Gasteiger partial charge in [0.05, 0.1) is 22.2 Å². The third kappa shape index (κ3) is 4.40. The Kier molecular flexibility index (Phi) is 5.52. The predicted molar refractivity (Wildman–Crippen MR) is 87.8 cm³/mol. The molecule has 120 valence electrons. The maximum Gasteiger partial charge on any atom is 0.257 e. The van der Waals surface area contributed by atoms with Crippen molar-refractivity contribution in [3.8, 4) is 0 Å². The molecule has 0 aliphatic rings. The van der Waals surface area contributed by atoms with Crippen LogP contribution in [0.1, 0.15) is 10.4 Å². The van der Waals surface area contributed by atoms with Crippen LogP contribution >= 0.6 is 23.2 Å². The van der Waals surface area contributed by atoms with Gasteiger partial charge in [0.25, 0.3) is 5.91 Å². The Balaban J connectivity index is 2.16. The molecular formula is C15H11Cl2F2N3O. The standard InChI is InChI=1S/C15H11Cl2F2N3O/c16-7-14(20)21-8-1-3-9(4-2-8)22-15(23)10-5-12(18)13(19)6-11(10)17/h1-6H,7H2,(H2,20,21)(H,22,23). The fourth-order valence-corrected chi connectivity index (χ4v) is 2.01. The second-order valence-corrected chi connectivity index (χ2v) is 5.16. The third-order valence-corrected chi connectivity index (χ3v) is 3.38. The van der Waals surface area contributed by atoms with Gasteiger partial charge in [-0.3, -0.25) is 4.79 Å². The molecule has 4 nitrogen and oxygen atoms in total. The number of aliphatic imine (C=N–C) groups is 1. The highest BCUT2D eigenvalue weighted by atomic mass is 35.5. The van der Waals surface area contributed by atoms with Crippen molar-refractivity contribution < 1.29 is 13.6 Å². The largest absolute Gasteiger partial charge is 0.386 e. The van der Waals surface area contributed by atoms with Gasteiger partial charge < -0.3 is 11.1 Å². The van der Waals surface area contributed by atoms with Crippen molar-refractivity contribution in [3.63, 3.8) is 0 Å². The van der Waals surface area contributed by atoms with Crippen molar-refractivity contribution in [2.45, 2.75) is 0 Å². The molecule has 0 bridgehead atoms. The zero-order chi connectivity index (χ0) is 17.0. The summed E-state index contributed by atoms with van der Waals surface area (Å²) >= 11 is 11.3. The predicted octanol–water partition coefficient (Wildman–Crippen LogP) is 4.10. The molecular weight excluding hydrogens is 347 g/mol. The zero-order valence-electron chi connectivity index (χ0n) is 11.6. The van der Waals surface area contributed by atoms with E-state index in [0.29, 0.717) is 11.4 Å². The van der Waals surface area contributed by atoms with Crippen LogP contribution in [0.4, 0.5) is 20.2 Å². The van der Waals surface area contributed by atoms with Crippen molar-refractivity contribution >= 4 is 46.3 Å². The lowest BCUT2D eigenvalue weighted by Gasteiger charge is -2.08. The lowest BCUT2D eigenvalue weighted by molar-refractivity contribution is 0.102. The Morgan fingerprint density at radius 1 is 1.17 bits per heavy atom. The Bertz CT molecular complexity index is 764. The number of amidine groups is 1. The summed E-state index contributed by atoms with van der Waals surface area (Å²) in [5, 5.41) is 2.34. The lowest BCUT2D eigenvalue weighted by Crippen LogP contribution is -2.13. The van der Waals surface area contributed by atoms with E-state index in [0.717, 1.165) is 12.1 Å². The molecule has 0 aromatic heterocycles. The van der Waals surface area contributed by atoms with E-state index in [1.807, 2.05) is 0 Å². The molecule has 8 heteroatoms. The van der Waals surface area contributed by atoms with Crippen molar-refractivity contribution in [2.75, 3.05) is 11.2 Å².